The minimum absolute atomic E-state index is 0.559. The summed E-state index contributed by atoms with van der Waals surface area (Å²) >= 11 is 0. The first-order chi connectivity index (χ1) is 13.8. The molecule has 0 radical (unpaired) electrons. The first kappa shape index (κ1) is 22.5. The Balaban J connectivity index is 1.56. The number of rotatable bonds is 12. The van der Waals surface area contributed by atoms with Crippen LogP contribution in [-0.4, -0.2) is 78.2 Å². The van der Waals surface area contributed by atoms with Gasteiger partial charge in [-0.1, -0.05) is 12.1 Å². The van der Waals surface area contributed by atoms with E-state index in [1.165, 1.54) is 0 Å². The Labute approximate surface area is 169 Å². The molecule has 28 heavy (non-hydrogen) atoms. The normalized spacial score (nSPS) is 17.2. The minimum atomic E-state index is 0.559. The van der Waals surface area contributed by atoms with Crippen LogP contribution in [0.4, 0.5) is 0 Å². The summed E-state index contributed by atoms with van der Waals surface area (Å²) in [6.45, 7) is 6.29. The second-order valence-corrected chi connectivity index (χ2v) is 6.90. The molecule has 1 saturated heterocycles. The lowest BCUT2D eigenvalue weighted by atomic mass is 10.1. The Hall–Kier alpha value is -1.83. The summed E-state index contributed by atoms with van der Waals surface area (Å²) < 4.78 is 21.6. The van der Waals surface area contributed by atoms with Crippen LogP contribution in [0.15, 0.2) is 29.3 Å². The van der Waals surface area contributed by atoms with Gasteiger partial charge in [0.15, 0.2) is 5.96 Å². The number of ether oxygens (including phenoxy) is 4. The van der Waals surface area contributed by atoms with Crippen molar-refractivity contribution in [1.82, 2.24) is 10.2 Å². The van der Waals surface area contributed by atoms with Gasteiger partial charge in [0.1, 0.15) is 5.75 Å². The van der Waals surface area contributed by atoms with E-state index < -0.39 is 0 Å². The van der Waals surface area contributed by atoms with Gasteiger partial charge in [0.05, 0.1) is 33.5 Å². The second-order valence-electron chi connectivity index (χ2n) is 6.90. The summed E-state index contributed by atoms with van der Waals surface area (Å²) in [7, 11) is 5.21. The standard InChI is InChI=1S/C21H35N3O4/c1-22-21(24-11-9-19(15-24)17-28-14-13-25-2)23-10-4-12-27-16-18-5-7-20(26-3)8-6-18/h5-8,19H,4,9-17H2,1-3H3,(H,22,23). The highest BCUT2D eigenvalue weighted by Crippen LogP contribution is 2.16. The summed E-state index contributed by atoms with van der Waals surface area (Å²) in [4.78, 5) is 6.72. The van der Waals surface area contributed by atoms with Gasteiger partial charge in [-0.15, -0.1) is 0 Å². The number of hydrogen-bond acceptors (Lipinski definition) is 5. The molecule has 7 heteroatoms. The molecular formula is C21H35N3O4. The van der Waals surface area contributed by atoms with Gasteiger partial charge in [0, 0.05) is 46.3 Å². The van der Waals surface area contributed by atoms with Crippen LogP contribution in [0.25, 0.3) is 0 Å². The Morgan fingerprint density at radius 1 is 1.14 bits per heavy atom. The lowest BCUT2D eigenvalue weighted by Gasteiger charge is -2.21. The maximum atomic E-state index is 5.75. The third-order valence-corrected chi connectivity index (χ3v) is 4.76. The van der Waals surface area contributed by atoms with E-state index >= 15 is 0 Å². The largest absolute Gasteiger partial charge is 0.497 e. The fourth-order valence-electron chi connectivity index (χ4n) is 3.17. The van der Waals surface area contributed by atoms with Crippen molar-refractivity contribution in [2.45, 2.75) is 19.4 Å². The van der Waals surface area contributed by atoms with Crippen LogP contribution in [0.1, 0.15) is 18.4 Å². The lowest BCUT2D eigenvalue weighted by Crippen LogP contribution is -2.40. The highest BCUT2D eigenvalue weighted by Gasteiger charge is 2.24. The quantitative estimate of drug-likeness (QED) is 0.334. The fourth-order valence-corrected chi connectivity index (χ4v) is 3.17. The fraction of sp³-hybridized carbons (Fsp3) is 0.667. The highest BCUT2D eigenvalue weighted by molar-refractivity contribution is 5.80. The molecule has 1 aromatic rings. The maximum absolute atomic E-state index is 5.75. The van der Waals surface area contributed by atoms with Gasteiger partial charge in [-0.2, -0.15) is 0 Å². The van der Waals surface area contributed by atoms with Crippen molar-refractivity contribution < 1.29 is 18.9 Å². The molecule has 0 aromatic heterocycles. The lowest BCUT2D eigenvalue weighted by molar-refractivity contribution is 0.0536. The number of nitrogens with zero attached hydrogens (tertiary/aromatic N) is 2. The van der Waals surface area contributed by atoms with Crippen molar-refractivity contribution in [1.29, 1.82) is 0 Å². The van der Waals surface area contributed by atoms with Crippen LogP contribution in [0.3, 0.4) is 0 Å². The predicted octanol–water partition coefficient (Wildman–Crippen LogP) is 2.16. The van der Waals surface area contributed by atoms with E-state index in [0.29, 0.717) is 32.3 Å². The molecule has 1 fully saturated rings. The van der Waals surface area contributed by atoms with Gasteiger partial charge in [0.25, 0.3) is 0 Å². The van der Waals surface area contributed by atoms with Crippen molar-refractivity contribution in [3.63, 3.8) is 0 Å². The first-order valence-corrected chi connectivity index (χ1v) is 9.99. The van der Waals surface area contributed by atoms with E-state index in [4.69, 9.17) is 18.9 Å². The average Bonchev–Trinajstić information content (AvgIpc) is 3.20. The molecule has 1 aliphatic rings. The number of likely N-dealkylation sites (tertiary alicyclic amines) is 1. The van der Waals surface area contributed by atoms with Gasteiger partial charge in [0.2, 0.25) is 0 Å². The third-order valence-electron chi connectivity index (χ3n) is 4.76. The Kier molecular flexibility index (Phi) is 10.7. The number of hydrogen-bond donors (Lipinski definition) is 1. The summed E-state index contributed by atoms with van der Waals surface area (Å²) in [6, 6.07) is 7.97. The van der Waals surface area contributed by atoms with Gasteiger partial charge >= 0.3 is 0 Å². The zero-order valence-electron chi connectivity index (χ0n) is 17.5. The van der Waals surface area contributed by atoms with E-state index in [1.54, 1.807) is 14.2 Å². The molecule has 1 aliphatic heterocycles. The molecular weight excluding hydrogens is 358 g/mol. The van der Waals surface area contributed by atoms with Gasteiger partial charge < -0.3 is 29.2 Å². The predicted molar refractivity (Wildman–Crippen MR) is 111 cm³/mol. The number of guanidine groups is 1. The van der Waals surface area contributed by atoms with Crippen LogP contribution >= 0.6 is 0 Å². The molecule has 0 saturated carbocycles. The van der Waals surface area contributed by atoms with Crippen LogP contribution in [0, 0.1) is 5.92 Å². The average molecular weight is 394 g/mol. The van der Waals surface area contributed by atoms with Crippen molar-refractivity contribution in [2.75, 3.05) is 67.3 Å². The van der Waals surface area contributed by atoms with E-state index in [2.05, 4.69) is 15.2 Å². The molecule has 0 aliphatic carbocycles. The van der Waals surface area contributed by atoms with Gasteiger partial charge in [-0.25, -0.2) is 0 Å². The van der Waals surface area contributed by atoms with E-state index in [9.17, 15) is 0 Å². The Morgan fingerprint density at radius 3 is 2.68 bits per heavy atom. The van der Waals surface area contributed by atoms with E-state index in [1.807, 2.05) is 31.3 Å². The zero-order valence-corrected chi connectivity index (χ0v) is 17.5. The number of benzene rings is 1. The molecule has 1 atom stereocenters. The molecule has 158 valence electrons. The van der Waals surface area contributed by atoms with Gasteiger partial charge in [-0.3, -0.25) is 4.99 Å². The number of methoxy groups -OCH3 is 2. The summed E-state index contributed by atoms with van der Waals surface area (Å²) in [5.74, 6) is 2.39. The van der Waals surface area contributed by atoms with Crippen LogP contribution < -0.4 is 10.1 Å². The van der Waals surface area contributed by atoms with E-state index in [0.717, 1.165) is 56.4 Å². The SMILES string of the molecule is CN=C(NCCCOCc1ccc(OC)cc1)N1CCC(COCCOC)C1. The minimum Gasteiger partial charge on any atom is -0.497 e. The molecule has 1 aromatic carbocycles. The summed E-state index contributed by atoms with van der Waals surface area (Å²) in [5, 5.41) is 3.44. The Morgan fingerprint density at radius 2 is 1.96 bits per heavy atom. The van der Waals surface area contributed by atoms with Crippen molar-refractivity contribution in [3.8, 4) is 5.75 Å². The van der Waals surface area contributed by atoms with Crippen LogP contribution in [0.2, 0.25) is 0 Å². The molecule has 1 heterocycles. The van der Waals surface area contributed by atoms with Gasteiger partial charge in [-0.05, 0) is 30.5 Å². The maximum Gasteiger partial charge on any atom is 0.193 e. The summed E-state index contributed by atoms with van der Waals surface area (Å²) in [6.07, 6.45) is 2.07. The molecule has 1 unspecified atom stereocenters. The molecule has 1 N–H and O–H groups in total. The van der Waals surface area contributed by atoms with Crippen molar-refractivity contribution in [2.24, 2.45) is 10.9 Å². The topological polar surface area (TPSA) is 64.6 Å². The number of nitrogens with one attached hydrogen (secondary N) is 1. The highest BCUT2D eigenvalue weighted by atomic mass is 16.5. The first-order valence-electron chi connectivity index (χ1n) is 9.99. The van der Waals surface area contributed by atoms with Crippen molar-refractivity contribution in [3.05, 3.63) is 29.8 Å². The molecule has 0 spiro atoms. The monoisotopic (exact) mass is 393 g/mol. The Bertz CT molecular complexity index is 565. The number of aliphatic imine (C=N–C) groups is 1. The molecule has 0 bridgehead atoms. The summed E-state index contributed by atoms with van der Waals surface area (Å²) in [5.41, 5.74) is 1.15. The molecule has 2 rings (SSSR count). The van der Waals surface area contributed by atoms with Crippen molar-refractivity contribution >= 4 is 5.96 Å². The van der Waals surface area contributed by atoms with Crippen LogP contribution in [-0.2, 0) is 20.8 Å². The van der Waals surface area contributed by atoms with E-state index in [-0.39, 0.29) is 0 Å². The van der Waals surface area contributed by atoms with Crippen LogP contribution in [0.5, 0.6) is 5.75 Å². The smallest absolute Gasteiger partial charge is 0.193 e. The third kappa shape index (κ3) is 8.04. The molecule has 7 nitrogen and oxygen atoms in total. The molecule has 0 amide bonds. The zero-order chi connectivity index (χ0) is 20.0. The second kappa shape index (κ2) is 13.4.